The maximum absolute atomic E-state index is 13.6. The second kappa shape index (κ2) is 5.62. The molecule has 7 nitrogen and oxygen atoms in total. The Bertz CT molecular complexity index is 813. The Morgan fingerprint density at radius 2 is 2.05 bits per heavy atom. The van der Waals surface area contributed by atoms with Gasteiger partial charge in [-0.3, -0.25) is 19.8 Å². The summed E-state index contributed by atoms with van der Waals surface area (Å²) in [6.07, 6.45) is 2.27. The first kappa shape index (κ1) is 15.1. The number of sulfonamides is 1. The molecule has 0 saturated heterocycles. The van der Waals surface area contributed by atoms with Gasteiger partial charge in [0.1, 0.15) is 10.7 Å². The predicted molar refractivity (Wildman–Crippen MR) is 73.1 cm³/mol. The summed E-state index contributed by atoms with van der Waals surface area (Å²) in [7, 11) is -4.22. The van der Waals surface area contributed by atoms with E-state index in [9.17, 15) is 22.9 Å². The summed E-state index contributed by atoms with van der Waals surface area (Å²) in [5.74, 6) is -0.954. The summed E-state index contributed by atoms with van der Waals surface area (Å²) >= 11 is 5.74. The van der Waals surface area contributed by atoms with Gasteiger partial charge in [0.25, 0.3) is 15.7 Å². The van der Waals surface area contributed by atoms with Gasteiger partial charge < -0.3 is 0 Å². The van der Waals surface area contributed by atoms with Gasteiger partial charge in [0, 0.05) is 24.5 Å². The highest BCUT2D eigenvalue weighted by molar-refractivity contribution is 7.92. The molecule has 0 fully saturated rings. The number of nitrogens with zero attached hydrogens (tertiary/aromatic N) is 2. The van der Waals surface area contributed by atoms with E-state index in [1.54, 1.807) is 0 Å². The van der Waals surface area contributed by atoms with Crippen molar-refractivity contribution in [2.24, 2.45) is 0 Å². The van der Waals surface area contributed by atoms with Gasteiger partial charge in [-0.2, -0.15) is 0 Å². The molecule has 0 aliphatic heterocycles. The van der Waals surface area contributed by atoms with Gasteiger partial charge in [0.05, 0.1) is 15.6 Å². The van der Waals surface area contributed by atoms with Crippen LogP contribution in [0.3, 0.4) is 0 Å². The van der Waals surface area contributed by atoms with E-state index in [1.807, 2.05) is 4.72 Å². The van der Waals surface area contributed by atoms with Crippen LogP contribution in [0, 0.1) is 15.9 Å². The average molecular weight is 332 g/mol. The van der Waals surface area contributed by atoms with Crippen molar-refractivity contribution in [1.82, 2.24) is 4.98 Å². The van der Waals surface area contributed by atoms with Crippen LogP contribution in [0.4, 0.5) is 15.8 Å². The van der Waals surface area contributed by atoms with Crippen LogP contribution in [0.5, 0.6) is 0 Å². The van der Waals surface area contributed by atoms with Crippen LogP contribution < -0.4 is 4.72 Å². The Labute approximate surface area is 123 Å². The topological polar surface area (TPSA) is 102 Å². The number of non-ortho nitro benzene ring substituents is 1. The number of halogens is 2. The standard InChI is InChI=1S/C11H7ClFN3O4S/c12-8-3-4-14-6-11(8)21(19,20)15-10-5-7(16(17)18)1-2-9(10)13/h1-6,15H. The van der Waals surface area contributed by atoms with Crippen LogP contribution in [0.15, 0.2) is 41.6 Å². The molecule has 0 radical (unpaired) electrons. The maximum Gasteiger partial charge on any atom is 0.271 e. The first-order valence-corrected chi connectivity index (χ1v) is 7.23. The van der Waals surface area contributed by atoms with Crippen LogP contribution >= 0.6 is 11.6 Å². The average Bonchev–Trinajstić information content (AvgIpc) is 2.41. The number of pyridine rings is 1. The van der Waals surface area contributed by atoms with E-state index in [4.69, 9.17) is 11.6 Å². The number of hydrogen-bond acceptors (Lipinski definition) is 5. The predicted octanol–water partition coefficient (Wildman–Crippen LogP) is 2.58. The molecule has 1 heterocycles. The zero-order valence-corrected chi connectivity index (χ0v) is 11.7. The van der Waals surface area contributed by atoms with Crippen molar-refractivity contribution in [3.8, 4) is 0 Å². The van der Waals surface area contributed by atoms with Crippen molar-refractivity contribution in [3.05, 3.63) is 57.6 Å². The molecule has 0 spiro atoms. The fourth-order valence-electron chi connectivity index (χ4n) is 1.47. The number of nitro groups is 1. The SMILES string of the molecule is O=[N+]([O-])c1ccc(F)c(NS(=O)(=O)c2cnccc2Cl)c1. The van der Waals surface area contributed by atoms with E-state index < -0.39 is 32.1 Å². The minimum atomic E-state index is -4.22. The van der Waals surface area contributed by atoms with E-state index >= 15 is 0 Å². The summed E-state index contributed by atoms with van der Waals surface area (Å²) in [6, 6.07) is 3.74. The Kier molecular flexibility index (Phi) is 4.05. The number of nitrogens with one attached hydrogen (secondary N) is 1. The molecule has 0 saturated carbocycles. The van der Waals surface area contributed by atoms with Gasteiger partial charge >= 0.3 is 0 Å². The van der Waals surface area contributed by atoms with E-state index in [0.29, 0.717) is 0 Å². The molecule has 0 aliphatic rings. The summed E-state index contributed by atoms with van der Waals surface area (Å²) in [5, 5.41) is 10.5. The monoisotopic (exact) mass is 331 g/mol. The molecule has 0 unspecified atom stereocenters. The third-order valence-corrected chi connectivity index (χ3v) is 4.26. The van der Waals surface area contributed by atoms with Crippen LogP contribution in [0.2, 0.25) is 5.02 Å². The van der Waals surface area contributed by atoms with Crippen molar-refractivity contribution >= 4 is 33.0 Å². The van der Waals surface area contributed by atoms with Crippen LogP contribution in [-0.2, 0) is 10.0 Å². The molecule has 10 heteroatoms. The fraction of sp³-hybridized carbons (Fsp3) is 0. The molecule has 1 N–H and O–H groups in total. The highest BCUT2D eigenvalue weighted by Crippen LogP contribution is 2.26. The molecule has 21 heavy (non-hydrogen) atoms. The Balaban J connectivity index is 2.44. The highest BCUT2D eigenvalue weighted by atomic mass is 35.5. The number of hydrogen-bond donors (Lipinski definition) is 1. The summed E-state index contributed by atoms with van der Waals surface area (Å²) in [6.45, 7) is 0. The van der Waals surface area contributed by atoms with Crippen molar-refractivity contribution < 1.29 is 17.7 Å². The Morgan fingerprint density at radius 1 is 1.33 bits per heavy atom. The molecule has 0 atom stereocenters. The summed E-state index contributed by atoms with van der Waals surface area (Å²) in [4.78, 5) is 13.1. The summed E-state index contributed by atoms with van der Waals surface area (Å²) < 4.78 is 39.7. The minimum absolute atomic E-state index is 0.108. The molecule has 0 amide bonds. The number of anilines is 1. The first-order chi connectivity index (χ1) is 9.81. The lowest BCUT2D eigenvalue weighted by molar-refractivity contribution is -0.384. The molecule has 0 aliphatic carbocycles. The molecule has 110 valence electrons. The third kappa shape index (κ3) is 3.26. The van der Waals surface area contributed by atoms with E-state index in [2.05, 4.69) is 4.98 Å². The van der Waals surface area contributed by atoms with E-state index in [0.717, 1.165) is 24.4 Å². The van der Waals surface area contributed by atoms with Crippen LogP contribution in [0.25, 0.3) is 0 Å². The van der Waals surface area contributed by atoms with Crippen molar-refractivity contribution in [3.63, 3.8) is 0 Å². The minimum Gasteiger partial charge on any atom is -0.276 e. The quantitative estimate of drug-likeness (QED) is 0.685. The lowest BCUT2D eigenvalue weighted by Gasteiger charge is -2.09. The zero-order chi connectivity index (χ0) is 15.6. The van der Waals surface area contributed by atoms with Crippen LogP contribution in [0.1, 0.15) is 0 Å². The normalized spacial score (nSPS) is 11.1. The lowest BCUT2D eigenvalue weighted by Crippen LogP contribution is -2.15. The van der Waals surface area contributed by atoms with E-state index in [1.165, 1.54) is 12.3 Å². The number of benzene rings is 1. The molecule has 2 aromatic rings. The smallest absolute Gasteiger partial charge is 0.271 e. The van der Waals surface area contributed by atoms with Gasteiger partial charge in [-0.15, -0.1) is 0 Å². The maximum atomic E-state index is 13.6. The second-order valence-corrected chi connectivity index (χ2v) is 5.89. The molecule has 1 aromatic carbocycles. The largest absolute Gasteiger partial charge is 0.276 e. The van der Waals surface area contributed by atoms with Gasteiger partial charge in [0.15, 0.2) is 0 Å². The number of nitro benzene ring substituents is 1. The van der Waals surface area contributed by atoms with Gasteiger partial charge in [-0.1, -0.05) is 11.6 Å². The van der Waals surface area contributed by atoms with Crippen molar-refractivity contribution in [2.75, 3.05) is 4.72 Å². The van der Waals surface area contributed by atoms with E-state index in [-0.39, 0.29) is 9.92 Å². The first-order valence-electron chi connectivity index (χ1n) is 5.37. The van der Waals surface area contributed by atoms with Crippen LogP contribution in [-0.4, -0.2) is 18.3 Å². The Hall–Kier alpha value is -2.26. The molecular formula is C11H7ClFN3O4S. The second-order valence-electron chi connectivity index (χ2n) is 3.83. The van der Waals surface area contributed by atoms with Crippen molar-refractivity contribution in [1.29, 1.82) is 0 Å². The molecule has 2 rings (SSSR count). The van der Waals surface area contributed by atoms with Gasteiger partial charge in [0.2, 0.25) is 0 Å². The van der Waals surface area contributed by atoms with Crippen molar-refractivity contribution in [2.45, 2.75) is 4.90 Å². The molecular weight excluding hydrogens is 325 g/mol. The lowest BCUT2D eigenvalue weighted by atomic mass is 10.3. The molecule has 0 bridgehead atoms. The molecule has 1 aromatic heterocycles. The number of aromatic nitrogens is 1. The zero-order valence-electron chi connectivity index (χ0n) is 10.2. The van der Waals surface area contributed by atoms with Gasteiger partial charge in [-0.25, -0.2) is 12.8 Å². The summed E-state index contributed by atoms with van der Waals surface area (Å²) in [5.41, 5.74) is -1.00. The van der Waals surface area contributed by atoms with Gasteiger partial charge in [-0.05, 0) is 12.1 Å². The number of rotatable bonds is 4. The Morgan fingerprint density at radius 3 is 2.67 bits per heavy atom. The fourth-order valence-corrected chi connectivity index (χ4v) is 2.96. The third-order valence-electron chi connectivity index (χ3n) is 2.43. The highest BCUT2D eigenvalue weighted by Gasteiger charge is 2.21.